The molecule has 76 valence electrons. The normalized spacial score (nSPS) is 22.8. The van der Waals surface area contributed by atoms with E-state index >= 15 is 0 Å². The summed E-state index contributed by atoms with van der Waals surface area (Å²) >= 11 is 0. The lowest BCUT2D eigenvalue weighted by atomic mass is 10.1. The molecule has 3 heteroatoms. The lowest BCUT2D eigenvalue weighted by Crippen LogP contribution is -2.30. The van der Waals surface area contributed by atoms with Crippen molar-refractivity contribution in [2.75, 3.05) is 33.2 Å². The number of carbonyl (C=O) groups is 1. The Morgan fingerprint density at radius 2 is 2.31 bits per heavy atom. The lowest BCUT2D eigenvalue weighted by Gasteiger charge is -2.19. The van der Waals surface area contributed by atoms with Gasteiger partial charge in [-0.2, -0.15) is 0 Å². The second-order valence-electron chi connectivity index (χ2n) is 3.97. The van der Waals surface area contributed by atoms with Crippen LogP contribution >= 0.6 is 0 Å². The highest BCUT2D eigenvalue weighted by Crippen LogP contribution is 2.16. The van der Waals surface area contributed by atoms with Gasteiger partial charge in [-0.3, -0.25) is 4.79 Å². The first kappa shape index (κ1) is 10.5. The average Bonchev–Trinajstić information content (AvgIpc) is 2.52. The molecule has 1 unspecified atom stereocenters. The van der Waals surface area contributed by atoms with E-state index < -0.39 is 0 Å². The zero-order valence-electron chi connectivity index (χ0n) is 8.92. The van der Waals surface area contributed by atoms with Crippen LogP contribution in [-0.2, 0) is 4.79 Å². The van der Waals surface area contributed by atoms with Crippen LogP contribution in [0, 0.1) is 5.92 Å². The van der Waals surface area contributed by atoms with Crippen molar-refractivity contribution in [3.63, 3.8) is 0 Å². The van der Waals surface area contributed by atoms with Gasteiger partial charge in [0.05, 0.1) is 0 Å². The Morgan fingerprint density at radius 1 is 1.62 bits per heavy atom. The van der Waals surface area contributed by atoms with Gasteiger partial charge in [0.15, 0.2) is 0 Å². The predicted molar refractivity (Wildman–Crippen MR) is 53.5 cm³/mol. The van der Waals surface area contributed by atoms with Crippen molar-refractivity contribution in [3.8, 4) is 0 Å². The highest BCUT2D eigenvalue weighted by atomic mass is 16.2. The number of hydrogen-bond acceptors (Lipinski definition) is 2. The van der Waals surface area contributed by atoms with Gasteiger partial charge in [-0.05, 0) is 25.9 Å². The molecule has 0 saturated carbocycles. The van der Waals surface area contributed by atoms with Gasteiger partial charge in [0.25, 0.3) is 0 Å². The summed E-state index contributed by atoms with van der Waals surface area (Å²) in [4.78, 5) is 15.3. The van der Waals surface area contributed by atoms with E-state index in [1.54, 1.807) is 6.92 Å². The van der Waals surface area contributed by atoms with E-state index in [-0.39, 0.29) is 5.91 Å². The predicted octanol–water partition coefficient (Wildman–Crippen LogP) is 0.806. The minimum absolute atomic E-state index is 0.224. The summed E-state index contributed by atoms with van der Waals surface area (Å²) in [7, 11) is 2.14. The third-order valence-corrected chi connectivity index (χ3v) is 2.84. The summed E-state index contributed by atoms with van der Waals surface area (Å²) in [5.41, 5.74) is 0. The molecule has 0 aromatic heterocycles. The van der Waals surface area contributed by atoms with Crippen molar-refractivity contribution in [2.45, 2.75) is 20.3 Å². The fraction of sp³-hybridized carbons (Fsp3) is 0.900. The molecule has 1 atom stereocenters. The van der Waals surface area contributed by atoms with Crippen LogP contribution in [0.4, 0.5) is 0 Å². The van der Waals surface area contributed by atoms with E-state index in [0.717, 1.165) is 26.2 Å². The van der Waals surface area contributed by atoms with Gasteiger partial charge in [0.1, 0.15) is 0 Å². The molecule has 1 aliphatic heterocycles. The average molecular weight is 184 g/mol. The zero-order chi connectivity index (χ0) is 9.84. The van der Waals surface area contributed by atoms with Gasteiger partial charge in [0, 0.05) is 26.6 Å². The molecule has 1 heterocycles. The number of hydrogen-bond donors (Lipinski definition) is 0. The highest BCUT2D eigenvalue weighted by Gasteiger charge is 2.24. The fourth-order valence-electron chi connectivity index (χ4n) is 1.84. The number of carbonyl (C=O) groups excluding carboxylic acids is 1. The summed E-state index contributed by atoms with van der Waals surface area (Å²) in [5, 5.41) is 0. The maximum Gasteiger partial charge on any atom is 0.219 e. The van der Waals surface area contributed by atoms with E-state index in [0.29, 0.717) is 5.92 Å². The summed E-state index contributed by atoms with van der Waals surface area (Å²) in [6.07, 6.45) is 1.17. The Morgan fingerprint density at radius 3 is 2.77 bits per heavy atom. The Kier molecular flexibility index (Phi) is 3.72. The molecule has 0 N–H and O–H groups in total. The van der Waals surface area contributed by atoms with Gasteiger partial charge in [0.2, 0.25) is 5.91 Å². The standard InChI is InChI=1S/C10H20N2O/c1-4-11(3)7-10-5-6-12(8-10)9(2)13/h10H,4-8H2,1-3H3. The van der Waals surface area contributed by atoms with Crippen molar-refractivity contribution in [1.29, 1.82) is 0 Å². The monoisotopic (exact) mass is 184 g/mol. The largest absolute Gasteiger partial charge is 0.343 e. The Labute approximate surface area is 80.7 Å². The van der Waals surface area contributed by atoms with Crippen LogP contribution in [0.2, 0.25) is 0 Å². The van der Waals surface area contributed by atoms with E-state index in [2.05, 4.69) is 18.9 Å². The van der Waals surface area contributed by atoms with E-state index in [4.69, 9.17) is 0 Å². The number of rotatable bonds is 3. The van der Waals surface area contributed by atoms with Crippen molar-refractivity contribution in [3.05, 3.63) is 0 Å². The van der Waals surface area contributed by atoms with Crippen molar-refractivity contribution < 1.29 is 4.79 Å². The van der Waals surface area contributed by atoms with Crippen molar-refractivity contribution in [1.82, 2.24) is 9.80 Å². The van der Waals surface area contributed by atoms with Crippen LogP contribution in [-0.4, -0.2) is 48.9 Å². The van der Waals surface area contributed by atoms with Crippen LogP contribution in [0.3, 0.4) is 0 Å². The first-order chi connectivity index (χ1) is 6.13. The second kappa shape index (κ2) is 4.61. The van der Waals surface area contributed by atoms with Crippen LogP contribution in [0.5, 0.6) is 0 Å². The molecule has 13 heavy (non-hydrogen) atoms. The molecule has 0 spiro atoms. The smallest absolute Gasteiger partial charge is 0.219 e. The summed E-state index contributed by atoms with van der Waals surface area (Å²) < 4.78 is 0. The van der Waals surface area contributed by atoms with E-state index in [1.165, 1.54) is 6.42 Å². The summed E-state index contributed by atoms with van der Waals surface area (Å²) in [6, 6.07) is 0. The maximum atomic E-state index is 11.1. The molecule has 0 radical (unpaired) electrons. The SMILES string of the molecule is CCN(C)CC1CCN(C(C)=O)C1. The quantitative estimate of drug-likeness (QED) is 0.648. The minimum atomic E-state index is 0.224. The summed E-state index contributed by atoms with van der Waals surface area (Å²) in [5.74, 6) is 0.913. The molecule has 1 fully saturated rings. The van der Waals surface area contributed by atoms with E-state index in [9.17, 15) is 4.79 Å². The van der Waals surface area contributed by atoms with Gasteiger partial charge in [-0.25, -0.2) is 0 Å². The number of amides is 1. The van der Waals surface area contributed by atoms with Crippen LogP contribution < -0.4 is 0 Å². The van der Waals surface area contributed by atoms with Crippen molar-refractivity contribution >= 4 is 5.91 Å². The minimum Gasteiger partial charge on any atom is -0.343 e. The molecule has 3 nitrogen and oxygen atoms in total. The third kappa shape index (κ3) is 2.99. The van der Waals surface area contributed by atoms with Crippen LogP contribution in [0.25, 0.3) is 0 Å². The van der Waals surface area contributed by atoms with Gasteiger partial charge in [-0.1, -0.05) is 6.92 Å². The lowest BCUT2D eigenvalue weighted by molar-refractivity contribution is -0.127. The van der Waals surface area contributed by atoms with Crippen molar-refractivity contribution in [2.24, 2.45) is 5.92 Å². The molecule has 0 bridgehead atoms. The fourth-order valence-corrected chi connectivity index (χ4v) is 1.84. The number of likely N-dealkylation sites (tertiary alicyclic amines) is 1. The first-order valence-electron chi connectivity index (χ1n) is 5.07. The van der Waals surface area contributed by atoms with E-state index in [1.807, 2.05) is 4.90 Å². The maximum absolute atomic E-state index is 11.1. The molecule has 1 saturated heterocycles. The van der Waals surface area contributed by atoms with Gasteiger partial charge in [-0.15, -0.1) is 0 Å². The van der Waals surface area contributed by atoms with Crippen LogP contribution in [0.15, 0.2) is 0 Å². The second-order valence-corrected chi connectivity index (χ2v) is 3.97. The molecule has 1 aliphatic rings. The molecule has 0 aromatic rings. The topological polar surface area (TPSA) is 23.6 Å². The first-order valence-corrected chi connectivity index (χ1v) is 5.07. The molecular formula is C10H20N2O. The molecular weight excluding hydrogens is 164 g/mol. The highest BCUT2D eigenvalue weighted by molar-refractivity contribution is 5.73. The Hall–Kier alpha value is -0.570. The van der Waals surface area contributed by atoms with Crippen LogP contribution in [0.1, 0.15) is 20.3 Å². The Bertz CT molecular complexity index is 182. The van der Waals surface area contributed by atoms with Gasteiger partial charge >= 0.3 is 0 Å². The zero-order valence-corrected chi connectivity index (χ0v) is 8.92. The third-order valence-electron chi connectivity index (χ3n) is 2.84. The molecule has 0 aliphatic carbocycles. The van der Waals surface area contributed by atoms with Gasteiger partial charge < -0.3 is 9.80 Å². The molecule has 0 aromatic carbocycles. The molecule has 1 amide bonds. The Balaban J connectivity index is 2.29. The molecule has 1 rings (SSSR count). The summed E-state index contributed by atoms with van der Waals surface area (Å²) in [6.45, 7) is 7.96. The number of nitrogens with zero attached hydrogens (tertiary/aromatic N) is 2.